The number of nitrogens with one attached hydrogen (secondary N) is 2. The maximum atomic E-state index is 12.7. The summed E-state index contributed by atoms with van der Waals surface area (Å²) in [5.41, 5.74) is 1.19. The van der Waals surface area contributed by atoms with E-state index in [4.69, 9.17) is 0 Å². The van der Waals surface area contributed by atoms with Crippen molar-refractivity contribution >= 4 is 0 Å². The molecule has 1 aromatic carbocycles. The highest BCUT2D eigenvalue weighted by Gasteiger charge is 2.16. The molecule has 1 aromatic rings. The summed E-state index contributed by atoms with van der Waals surface area (Å²) in [4.78, 5) is 0. The third-order valence-electron chi connectivity index (χ3n) is 2.93. The van der Waals surface area contributed by atoms with Gasteiger partial charge in [0.25, 0.3) is 0 Å². The molecule has 0 aromatic heterocycles. The van der Waals surface area contributed by atoms with Crippen LogP contribution >= 0.6 is 0 Å². The first-order valence-electron chi connectivity index (χ1n) is 5.45. The van der Waals surface area contributed by atoms with Gasteiger partial charge in [-0.25, -0.2) is 4.39 Å². The summed E-state index contributed by atoms with van der Waals surface area (Å²) in [6.45, 7) is 5.25. The van der Waals surface area contributed by atoms with Gasteiger partial charge in [0, 0.05) is 25.7 Å². The number of benzene rings is 1. The summed E-state index contributed by atoms with van der Waals surface area (Å²) in [6, 6.07) is 7.39. The number of hydrogen-bond donors (Lipinski definition) is 2. The number of hydrogen-bond acceptors (Lipinski definition) is 2. The van der Waals surface area contributed by atoms with Gasteiger partial charge in [0.1, 0.15) is 5.82 Å². The molecule has 82 valence electrons. The van der Waals surface area contributed by atoms with Gasteiger partial charge in [-0.2, -0.15) is 0 Å². The van der Waals surface area contributed by atoms with Crippen molar-refractivity contribution < 1.29 is 4.39 Å². The maximum Gasteiger partial charge on any atom is 0.123 e. The number of halogens is 1. The molecule has 1 aliphatic heterocycles. The number of rotatable bonds is 4. The van der Waals surface area contributed by atoms with Crippen LogP contribution in [0, 0.1) is 5.82 Å². The van der Waals surface area contributed by atoms with Crippen molar-refractivity contribution in [3.63, 3.8) is 0 Å². The minimum Gasteiger partial charge on any atom is -0.314 e. The van der Waals surface area contributed by atoms with Crippen LogP contribution in [0.25, 0.3) is 0 Å². The molecule has 1 atom stereocenters. The SMILES string of the molecule is CC(CNC1CNC1)c1ccc(F)cc1. The van der Waals surface area contributed by atoms with Crippen molar-refractivity contribution in [3.05, 3.63) is 35.6 Å². The van der Waals surface area contributed by atoms with Crippen molar-refractivity contribution in [1.29, 1.82) is 0 Å². The van der Waals surface area contributed by atoms with Gasteiger partial charge in [-0.1, -0.05) is 19.1 Å². The Bertz CT molecular complexity index is 306. The van der Waals surface area contributed by atoms with Crippen LogP contribution in [-0.4, -0.2) is 25.7 Å². The average Bonchev–Trinajstić information content (AvgIpc) is 2.16. The molecule has 2 nitrogen and oxygen atoms in total. The Morgan fingerprint density at radius 1 is 1.40 bits per heavy atom. The molecule has 2 rings (SSSR count). The van der Waals surface area contributed by atoms with E-state index in [1.165, 1.54) is 17.7 Å². The molecular formula is C12H17FN2. The van der Waals surface area contributed by atoms with E-state index < -0.39 is 0 Å². The summed E-state index contributed by atoms with van der Waals surface area (Å²) < 4.78 is 12.7. The van der Waals surface area contributed by atoms with Gasteiger partial charge in [0.2, 0.25) is 0 Å². The van der Waals surface area contributed by atoms with Crippen LogP contribution in [0.15, 0.2) is 24.3 Å². The van der Waals surface area contributed by atoms with Gasteiger partial charge in [-0.05, 0) is 23.6 Å². The van der Waals surface area contributed by atoms with Crippen molar-refractivity contribution in [2.45, 2.75) is 18.9 Å². The van der Waals surface area contributed by atoms with E-state index in [1.807, 2.05) is 12.1 Å². The molecule has 0 spiro atoms. The first-order valence-corrected chi connectivity index (χ1v) is 5.45. The molecule has 15 heavy (non-hydrogen) atoms. The fourth-order valence-corrected chi connectivity index (χ4v) is 1.69. The van der Waals surface area contributed by atoms with Gasteiger partial charge >= 0.3 is 0 Å². The molecule has 1 unspecified atom stereocenters. The van der Waals surface area contributed by atoms with Crippen molar-refractivity contribution in [1.82, 2.24) is 10.6 Å². The van der Waals surface area contributed by atoms with E-state index in [0.717, 1.165) is 19.6 Å². The molecule has 0 radical (unpaired) electrons. The molecule has 1 fully saturated rings. The normalized spacial score (nSPS) is 18.5. The molecule has 2 N–H and O–H groups in total. The van der Waals surface area contributed by atoms with Crippen LogP contribution in [-0.2, 0) is 0 Å². The minimum absolute atomic E-state index is 0.165. The van der Waals surface area contributed by atoms with Gasteiger partial charge in [0.05, 0.1) is 0 Å². The third-order valence-corrected chi connectivity index (χ3v) is 2.93. The highest BCUT2D eigenvalue weighted by molar-refractivity contribution is 5.20. The summed E-state index contributed by atoms with van der Waals surface area (Å²) in [7, 11) is 0. The fourth-order valence-electron chi connectivity index (χ4n) is 1.69. The van der Waals surface area contributed by atoms with E-state index >= 15 is 0 Å². The van der Waals surface area contributed by atoms with Crippen LogP contribution < -0.4 is 10.6 Å². The second-order valence-corrected chi connectivity index (χ2v) is 4.22. The van der Waals surface area contributed by atoms with E-state index in [0.29, 0.717) is 12.0 Å². The van der Waals surface area contributed by atoms with E-state index in [2.05, 4.69) is 17.6 Å². The van der Waals surface area contributed by atoms with Gasteiger partial charge in [-0.3, -0.25) is 0 Å². The molecule has 0 aliphatic carbocycles. The molecule has 0 saturated carbocycles. The Hall–Kier alpha value is -0.930. The Balaban J connectivity index is 1.83. The van der Waals surface area contributed by atoms with E-state index in [1.54, 1.807) is 0 Å². The molecule has 0 bridgehead atoms. The molecule has 1 heterocycles. The summed E-state index contributed by atoms with van der Waals surface area (Å²) in [5.74, 6) is 0.272. The first kappa shape index (κ1) is 10.6. The molecule has 3 heteroatoms. The lowest BCUT2D eigenvalue weighted by Gasteiger charge is -2.29. The first-order chi connectivity index (χ1) is 7.25. The van der Waals surface area contributed by atoms with E-state index in [9.17, 15) is 4.39 Å². The Kier molecular flexibility index (Phi) is 3.34. The standard InChI is InChI=1S/C12H17FN2/c1-9(6-15-12-7-14-8-12)10-2-4-11(13)5-3-10/h2-5,9,12,14-15H,6-8H2,1H3. The van der Waals surface area contributed by atoms with Crippen LogP contribution in [0.3, 0.4) is 0 Å². The monoisotopic (exact) mass is 208 g/mol. The second kappa shape index (κ2) is 4.73. The topological polar surface area (TPSA) is 24.1 Å². The summed E-state index contributed by atoms with van der Waals surface area (Å²) in [5, 5.41) is 6.70. The largest absolute Gasteiger partial charge is 0.314 e. The van der Waals surface area contributed by atoms with Gasteiger partial charge in [0.15, 0.2) is 0 Å². The average molecular weight is 208 g/mol. The lowest BCUT2D eigenvalue weighted by molar-refractivity contribution is 0.360. The zero-order chi connectivity index (χ0) is 10.7. The highest BCUT2D eigenvalue weighted by Crippen LogP contribution is 2.14. The predicted octanol–water partition coefficient (Wildman–Crippen LogP) is 1.49. The van der Waals surface area contributed by atoms with E-state index in [-0.39, 0.29) is 5.82 Å². The van der Waals surface area contributed by atoms with Crippen LogP contribution in [0.5, 0.6) is 0 Å². The van der Waals surface area contributed by atoms with Gasteiger partial charge < -0.3 is 10.6 Å². The minimum atomic E-state index is -0.165. The molecule has 0 amide bonds. The fraction of sp³-hybridized carbons (Fsp3) is 0.500. The van der Waals surface area contributed by atoms with Crippen molar-refractivity contribution in [3.8, 4) is 0 Å². The second-order valence-electron chi connectivity index (χ2n) is 4.22. The van der Waals surface area contributed by atoms with Gasteiger partial charge in [-0.15, -0.1) is 0 Å². The Morgan fingerprint density at radius 2 is 2.07 bits per heavy atom. The quantitative estimate of drug-likeness (QED) is 0.783. The summed E-state index contributed by atoms with van der Waals surface area (Å²) >= 11 is 0. The highest BCUT2D eigenvalue weighted by atomic mass is 19.1. The predicted molar refractivity (Wildman–Crippen MR) is 59.5 cm³/mol. The smallest absolute Gasteiger partial charge is 0.123 e. The van der Waals surface area contributed by atoms with Crippen LogP contribution in [0.1, 0.15) is 18.4 Å². The van der Waals surface area contributed by atoms with Crippen LogP contribution in [0.2, 0.25) is 0 Å². The molecule has 1 saturated heterocycles. The molecule has 1 aliphatic rings. The molecular weight excluding hydrogens is 191 g/mol. The van der Waals surface area contributed by atoms with Crippen molar-refractivity contribution in [2.75, 3.05) is 19.6 Å². The maximum absolute atomic E-state index is 12.7. The summed E-state index contributed by atoms with van der Waals surface area (Å²) in [6.07, 6.45) is 0. The Morgan fingerprint density at radius 3 is 2.60 bits per heavy atom. The zero-order valence-electron chi connectivity index (χ0n) is 8.96. The van der Waals surface area contributed by atoms with Crippen molar-refractivity contribution in [2.24, 2.45) is 0 Å². The third kappa shape index (κ3) is 2.76. The van der Waals surface area contributed by atoms with Crippen LogP contribution in [0.4, 0.5) is 4.39 Å². The Labute approximate surface area is 89.9 Å². The lowest BCUT2D eigenvalue weighted by Crippen LogP contribution is -2.55. The lowest BCUT2D eigenvalue weighted by atomic mass is 10.0. The zero-order valence-corrected chi connectivity index (χ0v) is 8.96.